The molecule has 1 amide bonds. The van der Waals surface area contributed by atoms with Crippen molar-refractivity contribution in [2.45, 2.75) is 18.9 Å². The zero-order chi connectivity index (χ0) is 18.1. The summed E-state index contributed by atoms with van der Waals surface area (Å²) in [6, 6.07) is 10.3. The van der Waals surface area contributed by atoms with Crippen LogP contribution in [-0.2, 0) is 11.2 Å². The number of carbonyl (C=O) groups excluding carboxylic acids is 1. The number of amides is 1. The third-order valence-corrected chi connectivity index (χ3v) is 5.38. The van der Waals surface area contributed by atoms with E-state index in [0.29, 0.717) is 11.8 Å². The SMILES string of the molecule is Nc1nnc(CCC(=O)N2C[C@@H]3CNC[C@@H]3[C@H]2c2ccccc2)c(=O)[nH]1. The molecule has 1 aromatic heterocycles. The van der Waals surface area contributed by atoms with Crippen LogP contribution in [0.25, 0.3) is 0 Å². The second-order valence-electron chi connectivity index (χ2n) is 6.97. The molecule has 3 heterocycles. The molecule has 1 aromatic carbocycles. The Bertz CT molecular complexity index is 852. The maximum atomic E-state index is 12.9. The number of H-pyrrole nitrogens is 1. The third kappa shape index (κ3) is 3.08. The van der Waals surface area contributed by atoms with Crippen LogP contribution < -0.4 is 16.6 Å². The predicted octanol–water partition coefficient (Wildman–Crippen LogP) is 0.0988. The van der Waals surface area contributed by atoms with Gasteiger partial charge in [-0.2, -0.15) is 0 Å². The number of aromatic nitrogens is 3. The molecule has 8 nitrogen and oxygen atoms in total. The summed E-state index contributed by atoms with van der Waals surface area (Å²) in [7, 11) is 0. The summed E-state index contributed by atoms with van der Waals surface area (Å²) in [4.78, 5) is 29.2. The molecule has 136 valence electrons. The van der Waals surface area contributed by atoms with Crippen LogP contribution in [0.2, 0.25) is 0 Å². The molecule has 0 radical (unpaired) electrons. The predicted molar refractivity (Wildman–Crippen MR) is 96.1 cm³/mol. The number of nitrogens with zero attached hydrogens (tertiary/aromatic N) is 3. The lowest BCUT2D eigenvalue weighted by molar-refractivity contribution is -0.132. The first-order valence-corrected chi connectivity index (χ1v) is 8.90. The van der Waals surface area contributed by atoms with Crippen LogP contribution in [0.5, 0.6) is 0 Å². The summed E-state index contributed by atoms with van der Waals surface area (Å²) in [5.74, 6) is 0.935. The maximum absolute atomic E-state index is 12.9. The number of nitrogens with one attached hydrogen (secondary N) is 2. The minimum Gasteiger partial charge on any atom is -0.368 e. The molecule has 2 aromatic rings. The van der Waals surface area contributed by atoms with Gasteiger partial charge in [-0.25, -0.2) is 0 Å². The normalized spacial score (nSPS) is 24.6. The number of aryl methyl sites for hydroxylation is 1. The van der Waals surface area contributed by atoms with Crippen LogP contribution in [0.4, 0.5) is 5.95 Å². The van der Waals surface area contributed by atoms with Crippen molar-refractivity contribution in [1.29, 1.82) is 0 Å². The summed E-state index contributed by atoms with van der Waals surface area (Å²) >= 11 is 0. The van der Waals surface area contributed by atoms with E-state index in [-0.39, 0.29) is 42.0 Å². The molecule has 4 rings (SSSR count). The van der Waals surface area contributed by atoms with Crippen LogP contribution in [0.1, 0.15) is 23.7 Å². The largest absolute Gasteiger partial charge is 0.368 e. The topological polar surface area (TPSA) is 117 Å². The Morgan fingerprint density at radius 2 is 2.04 bits per heavy atom. The van der Waals surface area contributed by atoms with Crippen LogP contribution in [0, 0.1) is 11.8 Å². The van der Waals surface area contributed by atoms with Crippen molar-refractivity contribution in [1.82, 2.24) is 25.4 Å². The zero-order valence-electron chi connectivity index (χ0n) is 14.4. The minimum atomic E-state index is -0.382. The second-order valence-corrected chi connectivity index (χ2v) is 6.97. The highest BCUT2D eigenvalue weighted by Gasteiger charge is 2.46. The quantitative estimate of drug-likeness (QED) is 0.717. The van der Waals surface area contributed by atoms with E-state index < -0.39 is 0 Å². The van der Waals surface area contributed by atoms with E-state index in [2.05, 4.69) is 32.6 Å². The number of rotatable bonds is 4. The molecule has 3 atom stereocenters. The number of benzene rings is 1. The summed E-state index contributed by atoms with van der Waals surface area (Å²) < 4.78 is 0. The highest BCUT2D eigenvalue weighted by molar-refractivity contribution is 5.77. The molecule has 0 bridgehead atoms. The first kappa shape index (κ1) is 16.7. The molecule has 2 saturated heterocycles. The van der Waals surface area contributed by atoms with Crippen molar-refractivity contribution in [2.75, 3.05) is 25.4 Å². The average Bonchev–Trinajstić information content (AvgIpc) is 3.22. The minimum absolute atomic E-state index is 0.0194. The number of fused-ring (bicyclic) bond motifs is 1. The van der Waals surface area contributed by atoms with E-state index >= 15 is 0 Å². The molecular formula is C18H22N6O2. The molecule has 2 aliphatic heterocycles. The Morgan fingerprint density at radius 1 is 1.23 bits per heavy atom. The van der Waals surface area contributed by atoms with Crippen LogP contribution in [0.15, 0.2) is 35.1 Å². The Labute approximate surface area is 150 Å². The molecule has 2 fully saturated rings. The molecule has 2 aliphatic rings. The molecule has 8 heteroatoms. The van der Waals surface area contributed by atoms with Crippen LogP contribution in [0.3, 0.4) is 0 Å². The standard InChI is InChI=1S/C18H22N6O2/c19-18-21-17(26)14(22-23-18)6-7-15(25)24-10-12-8-20-9-13(12)16(24)11-4-2-1-3-5-11/h1-5,12-13,16,20H,6-10H2,(H3,19,21,23,26)/t12-,13-,16+/m0/s1. The van der Waals surface area contributed by atoms with Crippen molar-refractivity contribution in [3.63, 3.8) is 0 Å². The van der Waals surface area contributed by atoms with Gasteiger partial charge in [-0.15, -0.1) is 10.2 Å². The molecular weight excluding hydrogens is 332 g/mol. The van der Waals surface area contributed by atoms with Gasteiger partial charge in [-0.3, -0.25) is 14.6 Å². The number of likely N-dealkylation sites (tertiary alicyclic amines) is 1. The van der Waals surface area contributed by atoms with E-state index in [1.807, 2.05) is 23.1 Å². The van der Waals surface area contributed by atoms with Gasteiger partial charge in [0.25, 0.3) is 5.56 Å². The lowest BCUT2D eigenvalue weighted by Gasteiger charge is -2.28. The fourth-order valence-corrected chi connectivity index (χ4v) is 4.16. The molecule has 26 heavy (non-hydrogen) atoms. The number of hydrogen-bond acceptors (Lipinski definition) is 6. The Kier molecular flexibility index (Phi) is 4.42. The van der Waals surface area contributed by atoms with Crippen LogP contribution in [-0.4, -0.2) is 45.6 Å². The molecule has 0 saturated carbocycles. The van der Waals surface area contributed by atoms with E-state index in [0.717, 1.165) is 19.6 Å². The van der Waals surface area contributed by atoms with Gasteiger partial charge in [0, 0.05) is 38.4 Å². The average molecular weight is 354 g/mol. The van der Waals surface area contributed by atoms with Gasteiger partial charge >= 0.3 is 0 Å². The lowest BCUT2D eigenvalue weighted by atomic mass is 9.89. The van der Waals surface area contributed by atoms with E-state index in [9.17, 15) is 9.59 Å². The number of nitrogen functional groups attached to an aromatic ring is 1. The lowest BCUT2D eigenvalue weighted by Crippen LogP contribution is -2.35. The number of aromatic amines is 1. The van der Waals surface area contributed by atoms with Gasteiger partial charge < -0.3 is 16.0 Å². The fourth-order valence-electron chi connectivity index (χ4n) is 4.16. The van der Waals surface area contributed by atoms with Gasteiger partial charge in [-0.05, 0) is 11.5 Å². The number of carbonyl (C=O) groups is 1. The number of nitrogens with two attached hydrogens (primary N) is 1. The summed E-state index contributed by atoms with van der Waals surface area (Å²) in [6.07, 6.45) is 0.491. The van der Waals surface area contributed by atoms with Gasteiger partial charge in [0.15, 0.2) is 0 Å². The van der Waals surface area contributed by atoms with Gasteiger partial charge in [-0.1, -0.05) is 30.3 Å². The Hall–Kier alpha value is -2.74. The Balaban J connectivity index is 1.51. The summed E-state index contributed by atoms with van der Waals surface area (Å²) in [5, 5.41) is 10.9. The zero-order valence-corrected chi connectivity index (χ0v) is 14.4. The Morgan fingerprint density at radius 3 is 2.81 bits per heavy atom. The van der Waals surface area contributed by atoms with E-state index in [1.165, 1.54) is 5.56 Å². The number of anilines is 1. The first-order chi connectivity index (χ1) is 12.6. The highest BCUT2D eigenvalue weighted by atomic mass is 16.2. The van der Waals surface area contributed by atoms with Crippen molar-refractivity contribution >= 4 is 11.9 Å². The monoisotopic (exact) mass is 354 g/mol. The number of hydrogen-bond donors (Lipinski definition) is 3. The van der Waals surface area contributed by atoms with E-state index in [1.54, 1.807) is 0 Å². The van der Waals surface area contributed by atoms with Crippen molar-refractivity contribution in [3.8, 4) is 0 Å². The van der Waals surface area contributed by atoms with E-state index in [4.69, 9.17) is 5.73 Å². The molecule has 0 unspecified atom stereocenters. The third-order valence-electron chi connectivity index (χ3n) is 5.38. The van der Waals surface area contributed by atoms with Gasteiger partial charge in [0.2, 0.25) is 11.9 Å². The molecule has 0 aliphatic carbocycles. The first-order valence-electron chi connectivity index (χ1n) is 8.90. The second kappa shape index (κ2) is 6.87. The smallest absolute Gasteiger partial charge is 0.274 e. The van der Waals surface area contributed by atoms with Crippen molar-refractivity contribution in [2.24, 2.45) is 11.8 Å². The van der Waals surface area contributed by atoms with Crippen LogP contribution >= 0.6 is 0 Å². The fraction of sp³-hybridized carbons (Fsp3) is 0.444. The van der Waals surface area contributed by atoms with Gasteiger partial charge in [0.1, 0.15) is 5.69 Å². The van der Waals surface area contributed by atoms with Crippen molar-refractivity contribution in [3.05, 3.63) is 51.9 Å². The molecule has 0 spiro atoms. The van der Waals surface area contributed by atoms with Gasteiger partial charge in [0.05, 0.1) is 6.04 Å². The highest BCUT2D eigenvalue weighted by Crippen LogP contribution is 2.42. The van der Waals surface area contributed by atoms with Crippen molar-refractivity contribution < 1.29 is 4.79 Å². The summed E-state index contributed by atoms with van der Waals surface area (Å²) in [6.45, 7) is 2.62. The molecule has 4 N–H and O–H groups in total. The summed E-state index contributed by atoms with van der Waals surface area (Å²) in [5.41, 5.74) is 6.43. The maximum Gasteiger partial charge on any atom is 0.274 e.